The van der Waals surface area contributed by atoms with Gasteiger partial charge in [0.05, 0.1) is 18.0 Å². The average molecular weight is 388 g/mol. The normalized spacial score (nSPS) is 17.7. The number of aromatic nitrogens is 2. The van der Waals surface area contributed by atoms with Gasteiger partial charge < -0.3 is 0 Å². The molecule has 2 aromatic rings. The molecule has 1 fully saturated rings. The molecule has 2 aliphatic rings. The molecule has 0 bridgehead atoms. The Morgan fingerprint density at radius 2 is 1.96 bits per heavy atom. The Bertz CT molecular complexity index is 927. The van der Waals surface area contributed by atoms with Gasteiger partial charge in [-0.3, -0.25) is 4.68 Å². The zero-order valence-corrected chi connectivity index (χ0v) is 17.1. The number of fused-ring (bicyclic) bond motifs is 1. The number of hydrogen-bond donors (Lipinski definition) is 0. The Kier molecular flexibility index (Phi) is 5.12. The van der Waals surface area contributed by atoms with Crippen molar-refractivity contribution < 1.29 is 8.42 Å². The van der Waals surface area contributed by atoms with Crippen LogP contribution in [0.15, 0.2) is 24.3 Å². The minimum atomic E-state index is -3.40. The summed E-state index contributed by atoms with van der Waals surface area (Å²) < 4.78 is 30.5. The average Bonchev–Trinajstić information content (AvgIpc) is 3.32. The first-order valence-electron chi connectivity index (χ1n) is 10.0. The molecule has 0 spiro atoms. The number of hydrogen-bond acceptors (Lipinski definition) is 3. The van der Waals surface area contributed by atoms with E-state index in [4.69, 9.17) is 0 Å². The standard InChI is InChI=1S/C21H29N3O2S/c1-16-7-5-8-17(13-16)15-27(25,26)24(18-9-3-4-10-18)14-20-19-11-6-12-21(19)23(2)22-20/h5,7-8,13,18H,3-4,6,9-12,14-15H2,1-2H3. The minimum Gasteiger partial charge on any atom is -0.272 e. The van der Waals surface area contributed by atoms with Crippen molar-refractivity contribution in [2.24, 2.45) is 7.05 Å². The van der Waals surface area contributed by atoms with E-state index in [0.29, 0.717) is 6.54 Å². The molecule has 0 unspecified atom stereocenters. The Balaban J connectivity index is 1.64. The maximum absolute atomic E-state index is 13.4. The van der Waals surface area contributed by atoms with E-state index in [-0.39, 0.29) is 11.8 Å². The predicted octanol–water partition coefficient (Wildman–Crippen LogP) is 3.49. The largest absolute Gasteiger partial charge is 0.272 e. The lowest BCUT2D eigenvalue weighted by atomic mass is 10.2. The molecular formula is C21H29N3O2S. The highest BCUT2D eigenvalue weighted by Gasteiger charge is 2.34. The van der Waals surface area contributed by atoms with E-state index in [1.54, 1.807) is 4.31 Å². The van der Waals surface area contributed by atoms with Crippen LogP contribution in [0.4, 0.5) is 0 Å². The van der Waals surface area contributed by atoms with E-state index in [9.17, 15) is 8.42 Å². The van der Waals surface area contributed by atoms with Gasteiger partial charge in [0.1, 0.15) is 0 Å². The van der Waals surface area contributed by atoms with Crippen LogP contribution in [-0.2, 0) is 42.2 Å². The summed E-state index contributed by atoms with van der Waals surface area (Å²) in [6.07, 6.45) is 7.37. The summed E-state index contributed by atoms with van der Waals surface area (Å²) >= 11 is 0. The summed E-state index contributed by atoms with van der Waals surface area (Å²) in [6, 6.07) is 7.94. The van der Waals surface area contributed by atoms with Gasteiger partial charge in [-0.1, -0.05) is 42.7 Å². The summed E-state index contributed by atoms with van der Waals surface area (Å²) in [7, 11) is -1.42. The summed E-state index contributed by atoms with van der Waals surface area (Å²) in [4.78, 5) is 0. The summed E-state index contributed by atoms with van der Waals surface area (Å²) in [6.45, 7) is 2.42. The molecule has 146 valence electrons. The Hall–Kier alpha value is -1.66. The molecule has 0 atom stereocenters. The Labute approximate surface area is 162 Å². The minimum absolute atomic E-state index is 0.0696. The highest BCUT2D eigenvalue weighted by atomic mass is 32.2. The van der Waals surface area contributed by atoms with Gasteiger partial charge in [-0.2, -0.15) is 9.40 Å². The van der Waals surface area contributed by atoms with E-state index in [1.807, 2.05) is 42.9 Å². The first-order valence-corrected chi connectivity index (χ1v) is 11.6. The van der Waals surface area contributed by atoms with Crippen molar-refractivity contribution in [2.45, 2.75) is 70.2 Å². The quantitative estimate of drug-likeness (QED) is 0.762. The van der Waals surface area contributed by atoms with Crippen LogP contribution in [0.5, 0.6) is 0 Å². The van der Waals surface area contributed by atoms with Gasteiger partial charge in [-0.15, -0.1) is 0 Å². The van der Waals surface area contributed by atoms with Crippen LogP contribution in [-0.4, -0.2) is 28.5 Å². The maximum atomic E-state index is 13.4. The lowest BCUT2D eigenvalue weighted by molar-refractivity contribution is 0.311. The van der Waals surface area contributed by atoms with Gasteiger partial charge in [0.2, 0.25) is 10.0 Å². The van der Waals surface area contributed by atoms with Gasteiger partial charge in [-0.05, 0) is 50.2 Å². The van der Waals surface area contributed by atoms with Crippen molar-refractivity contribution in [1.29, 1.82) is 0 Å². The third kappa shape index (κ3) is 3.83. The first kappa shape index (κ1) is 18.7. The lowest BCUT2D eigenvalue weighted by Crippen LogP contribution is -2.39. The first-order chi connectivity index (χ1) is 12.9. The van der Waals surface area contributed by atoms with Crippen LogP contribution in [0, 0.1) is 6.92 Å². The van der Waals surface area contributed by atoms with Crippen molar-refractivity contribution in [3.05, 3.63) is 52.3 Å². The van der Waals surface area contributed by atoms with Crippen LogP contribution in [0.25, 0.3) is 0 Å². The van der Waals surface area contributed by atoms with E-state index in [0.717, 1.165) is 61.8 Å². The molecule has 0 aliphatic heterocycles. The number of sulfonamides is 1. The molecule has 0 saturated heterocycles. The fourth-order valence-electron chi connectivity index (χ4n) is 4.71. The Morgan fingerprint density at radius 1 is 1.19 bits per heavy atom. The summed E-state index contributed by atoms with van der Waals surface area (Å²) in [5.41, 5.74) is 5.49. The molecule has 1 aromatic carbocycles. The van der Waals surface area contributed by atoms with E-state index < -0.39 is 10.0 Å². The second kappa shape index (κ2) is 7.40. The Morgan fingerprint density at radius 3 is 2.70 bits per heavy atom. The second-order valence-corrected chi connectivity index (χ2v) is 10.00. The van der Waals surface area contributed by atoms with Crippen LogP contribution >= 0.6 is 0 Å². The number of benzene rings is 1. The predicted molar refractivity (Wildman–Crippen MR) is 107 cm³/mol. The smallest absolute Gasteiger partial charge is 0.218 e. The zero-order valence-electron chi connectivity index (χ0n) is 16.3. The molecule has 27 heavy (non-hydrogen) atoms. The third-order valence-corrected chi connectivity index (χ3v) is 7.86. The monoisotopic (exact) mass is 387 g/mol. The molecular weight excluding hydrogens is 358 g/mol. The molecule has 2 aliphatic carbocycles. The van der Waals surface area contributed by atoms with Crippen LogP contribution in [0.3, 0.4) is 0 Å². The van der Waals surface area contributed by atoms with Crippen molar-refractivity contribution in [3.8, 4) is 0 Å². The molecule has 0 N–H and O–H groups in total. The van der Waals surface area contributed by atoms with Crippen molar-refractivity contribution >= 4 is 10.0 Å². The number of aryl methyl sites for hydroxylation is 2. The fraction of sp³-hybridized carbons (Fsp3) is 0.571. The molecule has 5 nitrogen and oxygen atoms in total. The molecule has 0 amide bonds. The van der Waals surface area contributed by atoms with Gasteiger partial charge >= 0.3 is 0 Å². The molecule has 1 saturated carbocycles. The second-order valence-electron chi connectivity index (χ2n) is 8.08. The lowest BCUT2D eigenvalue weighted by Gasteiger charge is -2.28. The van der Waals surface area contributed by atoms with Crippen molar-refractivity contribution in [2.75, 3.05) is 0 Å². The highest BCUT2D eigenvalue weighted by molar-refractivity contribution is 7.88. The van der Waals surface area contributed by atoms with E-state index in [2.05, 4.69) is 5.10 Å². The van der Waals surface area contributed by atoms with E-state index in [1.165, 1.54) is 11.3 Å². The number of nitrogens with zero attached hydrogens (tertiary/aromatic N) is 3. The zero-order chi connectivity index (χ0) is 19.0. The van der Waals surface area contributed by atoms with Crippen LogP contribution in [0.1, 0.15) is 60.2 Å². The fourth-order valence-corrected chi connectivity index (χ4v) is 6.47. The van der Waals surface area contributed by atoms with Gasteiger partial charge in [0.15, 0.2) is 0 Å². The van der Waals surface area contributed by atoms with Gasteiger partial charge in [0.25, 0.3) is 0 Å². The molecule has 0 radical (unpaired) electrons. The van der Waals surface area contributed by atoms with Crippen molar-refractivity contribution in [3.63, 3.8) is 0 Å². The van der Waals surface area contributed by atoms with Crippen LogP contribution < -0.4 is 0 Å². The molecule has 6 heteroatoms. The molecule has 4 rings (SSSR count). The van der Waals surface area contributed by atoms with Gasteiger partial charge in [0, 0.05) is 18.8 Å². The molecule has 1 aromatic heterocycles. The molecule has 1 heterocycles. The summed E-state index contributed by atoms with van der Waals surface area (Å²) in [5, 5.41) is 4.69. The highest BCUT2D eigenvalue weighted by Crippen LogP contribution is 2.31. The maximum Gasteiger partial charge on any atom is 0.218 e. The third-order valence-electron chi connectivity index (χ3n) is 6.02. The SMILES string of the molecule is Cc1cccc(CS(=O)(=O)N(Cc2nn(C)c3c2CCC3)C2CCCC2)c1. The summed E-state index contributed by atoms with van der Waals surface area (Å²) in [5.74, 6) is 0.0696. The topological polar surface area (TPSA) is 55.2 Å². The number of rotatable bonds is 6. The van der Waals surface area contributed by atoms with Crippen LogP contribution in [0.2, 0.25) is 0 Å². The van der Waals surface area contributed by atoms with Gasteiger partial charge in [-0.25, -0.2) is 8.42 Å². The van der Waals surface area contributed by atoms with Crippen molar-refractivity contribution in [1.82, 2.24) is 14.1 Å². The van der Waals surface area contributed by atoms with E-state index >= 15 is 0 Å².